The molecule has 0 heterocycles. The summed E-state index contributed by atoms with van der Waals surface area (Å²) in [6.45, 7) is 7.89. The van der Waals surface area contributed by atoms with Crippen LogP contribution in [0.1, 0.15) is 25.0 Å². The highest BCUT2D eigenvalue weighted by Gasteiger charge is 2.27. The molecule has 1 rings (SSSR count). The number of aryl methyl sites for hydroxylation is 2. The molecule has 0 bridgehead atoms. The molecule has 17 heavy (non-hydrogen) atoms. The van der Waals surface area contributed by atoms with Crippen molar-refractivity contribution in [1.29, 1.82) is 0 Å². The minimum absolute atomic E-state index is 0.234. The quantitative estimate of drug-likeness (QED) is 0.475. The lowest BCUT2D eigenvalue weighted by Crippen LogP contribution is -2.44. The maximum absolute atomic E-state index is 11.5. The average Bonchev–Trinajstić information content (AvgIpc) is 2.24. The highest BCUT2D eigenvalue weighted by molar-refractivity contribution is 5.81. The highest BCUT2D eigenvalue weighted by atomic mass is 16.5. The molecule has 0 radical (unpaired) electrons. The van der Waals surface area contributed by atoms with E-state index >= 15 is 0 Å². The Morgan fingerprint density at radius 2 is 1.82 bits per heavy atom. The summed E-state index contributed by atoms with van der Waals surface area (Å²) in [5, 5.41) is 0. The third-order valence-electron chi connectivity index (χ3n) is 2.54. The SMILES string of the molecule is Cc1cc(C)cc(OCC(C)(C)C(=O)NN)c1. The van der Waals surface area contributed by atoms with E-state index < -0.39 is 5.41 Å². The molecular weight excluding hydrogens is 216 g/mol. The lowest BCUT2D eigenvalue weighted by atomic mass is 9.94. The summed E-state index contributed by atoms with van der Waals surface area (Å²) in [7, 11) is 0. The summed E-state index contributed by atoms with van der Waals surface area (Å²) in [6, 6.07) is 5.97. The van der Waals surface area contributed by atoms with Gasteiger partial charge in [-0.15, -0.1) is 0 Å². The summed E-state index contributed by atoms with van der Waals surface area (Å²) in [4.78, 5) is 11.5. The number of carbonyl (C=O) groups excluding carboxylic acids is 1. The van der Waals surface area contributed by atoms with Crippen LogP contribution in [0.15, 0.2) is 18.2 Å². The van der Waals surface area contributed by atoms with E-state index in [4.69, 9.17) is 10.6 Å². The largest absolute Gasteiger partial charge is 0.492 e. The van der Waals surface area contributed by atoms with Crippen LogP contribution in [0, 0.1) is 19.3 Å². The van der Waals surface area contributed by atoms with Crippen LogP contribution in [0.4, 0.5) is 0 Å². The van der Waals surface area contributed by atoms with Crippen molar-refractivity contribution in [1.82, 2.24) is 5.43 Å². The van der Waals surface area contributed by atoms with Gasteiger partial charge in [0.15, 0.2) is 0 Å². The smallest absolute Gasteiger partial charge is 0.242 e. The van der Waals surface area contributed by atoms with Crippen molar-refractivity contribution in [3.8, 4) is 5.75 Å². The molecule has 0 fully saturated rings. The molecule has 0 saturated heterocycles. The Balaban J connectivity index is 2.70. The summed E-state index contributed by atoms with van der Waals surface area (Å²) >= 11 is 0. The van der Waals surface area contributed by atoms with Gasteiger partial charge in [0.05, 0.1) is 5.41 Å². The van der Waals surface area contributed by atoms with E-state index in [9.17, 15) is 4.79 Å². The van der Waals surface area contributed by atoms with E-state index in [2.05, 4.69) is 11.5 Å². The molecule has 1 aromatic rings. The number of hydrogen-bond donors (Lipinski definition) is 2. The predicted molar refractivity (Wildman–Crippen MR) is 67.5 cm³/mol. The molecule has 0 saturated carbocycles. The molecule has 94 valence electrons. The minimum atomic E-state index is -0.646. The average molecular weight is 236 g/mol. The van der Waals surface area contributed by atoms with Gasteiger partial charge in [0.25, 0.3) is 0 Å². The summed E-state index contributed by atoms with van der Waals surface area (Å²) in [5.41, 5.74) is 3.78. The van der Waals surface area contributed by atoms with E-state index in [1.165, 1.54) is 0 Å². The van der Waals surface area contributed by atoms with Crippen LogP contribution in [-0.2, 0) is 4.79 Å². The fourth-order valence-electron chi connectivity index (χ4n) is 1.54. The Bertz CT molecular complexity index is 394. The van der Waals surface area contributed by atoms with Crippen LogP contribution in [0.2, 0.25) is 0 Å². The van der Waals surface area contributed by atoms with Gasteiger partial charge < -0.3 is 4.74 Å². The number of carbonyl (C=O) groups is 1. The fourth-order valence-corrected chi connectivity index (χ4v) is 1.54. The Kier molecular flexibility index (Phi) is 4.12. The highest BCUT2D eigenvalue weighted by Crippen LogP contribution is 2.21. The molecule has 4 nitrogen and oxygen atoms in total. The lowest BCUT2D eigenvalue weighted by Gasteiger charge is -2.22. The van der Waals surface area contributed by atoms with Crippen LogP contribution in [0.5, 0.6) is 5.75 Å². The number of hydrogen-bond acceptors (Lipinski definition) is 3. The molecule has 4 heteroatoms. The molecule has 0 spiro atoms. The topological polar surface area (TPSA) is 64.3 Å². The van der Waals surface area contributed by atoms with Gasteiger partial charge in [-0.25, -0.2) is 5.84 Å². The van der Waals surface area contributed by atoms with Gasteiger partial charge in [0.1, 0.15) is 12.4 Å². The molecule has 0 aromatic heterocycles. The van der Waals surface area contributed by atoms with Crippen LogP contribution >= 0.6 is 0 Å². The molecule has 0 unspecified atom stereocenters. The molecule has 0 aliphatic carbocycles. The summed E-state index contributed by atoms with van der Waals surface area (Å²) in [6.07, 6.45) is 0. The Morgan fingerprint density at radius 1 is 1.29 bits per heavy atom. The second kappa shape index (κ2) is 5.19. The maximum atomic E-state index is 11.5. The lowest BCUT2D eigenvalue weighted by molar-refractivity contribution is -0.130. The predicted octanol–water partition coefficient (Wildman–Crippen LogP) is 1.70. The van der Waals surface area contributed by atoms with Crippen LogP contribution < -0.4 is 16.0 Å². The maximum Gasteiger partial charge on any atom is 0.242 e. The molecular formula is C13H20N2O2. The normalized spacial score (nSPS) is 11.1. The first-order valence-corrected chi connectivity index (χ1v) is 5.57. The van der Waals surface area contributed by atoms with Crippen LogP contribution in [0.25, 0.3) is 0 Å². The standard InChI is InChI=1S/C13H20N2O2/c1-9-5-10(2)7-11(6-9)17-8-13(3,4)12(16)15-14/h5-7H,8,14H2,1-4H3,(H,15,16). The van der Waals surface area contributed by atoms with Crippen molar-refractivity contribution in [2.24, 2.45) is 11.3 Å². The van der Waals surface area contributed by atoms with Crippen molar-refractivity contribution < 1.29 is 9.53 Å². The minimum Gasteiger partial charge on any atom is -0.492 e. The van der Waals surface area contributed by atoms with Crippen molar-refractivity contribution in [2.45, 2.75) is 27.7 Å². The van der Waals surface area contributed by atoms with Gasteiger partial charge in [-0.3, -0.25) is 10.2 Å². The monoisotopic (exact) mass is 236 g/mol. The molecule has 1 aromatic carbocycles. The molecule has 0 aliphatic heterocycles. The van der Waals surface area contributed by atoms with Crippen LogP contribution in [0.3, 0.4) is 0 Å². The molecule has 0 atom stereocenters. The Morgan fingerprint density at radius 3 is 2.29 bits per heavy atom. The van der Waals surface area contributed by atoms with Crippen molar-refractivity contribution in [3.63, 3.8) is 0 Å². The van der Waals surface area contributed by atoms with E-state index in [0.29, 0.717) is 6.61 Å². The van der Waals surface area contributed by atoms with Crippen LogP contribution in [-0.4, -0.2) is 12.5 Å². The first-order chi connectivity index (χ1) is 7.85. The second-order valence-corrected chi connectivity index (χ2v) is 4.97. The number of ether oxygens (including phenoxy) is 1. The summed E-state index contributed by atoms with van der Waals surface area (Å²) < 4.78 is 5.64. The summed E-state index contributed by atoms with van der Waals surface area (Å²) in [5.74, 6) is 5.66. The van der Waals surface area contributed by atoms with Gasteiger partial charge >= 0.3 is 0 Å². The number of hydrazine groups is 1. The first kappa shape index (κ1) is 13.5. The van der Waals surface area contributed by atoms with E-state index in [1.54, 1.807) is 13.8 Å². The van der Waals surface area contributed by atoms with Gasteiger partial charge in [0, 0.05) is 0 Å². The van der Waals surface area contributed by atoms with Gasteiger partial charge in [0.2, 0.25) is 5.91 Å². The van der Waals surface area contributed by atoms with Crippen molar-refractivity contribution >= 4 is 5.91 Å². The number of amides is 1. The zero-order valence-corrected chi connectivity index (χ0v) is 10.8. The third kappa shape index (κ3) is 3.75. The number of rotatable bonds is 4. The Labute approximate surface area is 102 Å². The first-order valence-electron chi connectivity index (χ1n) is 5.57. The fraction of sp³-hybridized carbons (Fsp3) is 0.462. The van der Waals surface area contributed by atoms with E-state index in [-0.39, 0.29) is 5.91 Å². The Hall–Kier alpha value is -1.55. The number of nitrogens with two attached hydrogens (primary N) is 1. The van der Waals surface area contributed by atoms with Crippen molar-refractivity contribution in [2.75, 3.05) is 6.61 Å². The molecule has 1 amide bonds. The zero-order valence-electron chi connectivity index (χ0n) is 10.8. The van der Waals surface area contributed by atoms with E-state index in [0.717, 1.165) is 16.9 Å². The molecule has 3 N–H and O–H groups in total. The van der Waals surface area contributed by atoms with Gasteiger partial charge in [-0.1, -0.05) is 6.07 Å². The second-order valence-electron chi connectivity index (χ2n) is 4.97. The van der Waals surface area contributed by atoms with E-state index in [1.807, 2.05) is 26.0 Å². The molecule has 0 aliphatic rings. The zero-order chi connectivity index (χ0) is 13.1. The van der Waals surface area contributed by atoms with Gasteiger partial charge in [-0.2, -0.15) is 0 Å². The van der Waals surface area contributed by atoms with Crippen molar-refractivity contribution in [3.05, 3.63) is 29.3 Å². The third-order valence-corrected chi connectivity index (χ3v) is 2.54. The number of nitrogens with one attached hydrogen (secondary N) is 1. The number of benzene rings is 1. The van der Waals surface area contributed by atoms with Gasteiger partial charge in [-0.05, 0) is 51.0 Å².